The third-order valence-corrected chi connectivity index (χ3v) is 17.1. The predicted molar refractivity (Wildman–Crippen MR) is 234 cm³/mol. The fourth-order valence-electron chi connectivity index (χ4n) is 7.54. The first-order valence-electron chi connectivity index (χ1n) is 21.4. The maximum absolute atomic E-state index is 17.8. The van der Waals surface area contributed by atoms with E-state index in [2.05, 4.69) is 44.2 Å². The van der Waals surface area contributed by atoms with Gasteiger partial charge in [0.2, 0.25) is 0 Å². The van der Waals surface area contributed by atoms with Crippen molar-refractivity contribution >= 4 is 57.6 Å². The third kappa shape index (κ3) is 9.37. The highest BCUT2D eigenvalue weighted by atomic mass is 32.1. The van der Waals surface area contributed by atoms with Gasteiger partial charge in [-0.1, -0.05) is 27.7 Å². The van der Waals surface area contributed by atoms with Crippen molar-refractivity contribution in [2.24, 2.45) is 5.41 Å². The van der Waals surface area contributed by atoms with E-state index in [4.69, 9.17) is 27.7 Å². The Balaban J connectivity index is 1.57. The number of amides is 1. The summed E-state index contributed by atoms with van der Waals surface area (Å²) >= 11 is 0.948. The molecule has 61 heavy (non-hydrogen) atoms. The van der Waals surface area contributed by atoms with Gasteiger partial charge in [-0.15, -0.1) is 11.3 Å². The summed E-state index contributed by atoms with van der Waals surface area (Å²) in [6, 6.07) is 7.53. The Kier molecular flexibility index (Phi) is 11.5. The lowest BCUT2D eigenvalue weighted by Crippen LogP contribution is -2.54. The van der Waals surface area contributed by atoms with E-state index in [-0.39, 0.29) is 102 Å². The normalized spacial score (nSPS) is 22.2. The number of carbonyl (C=O) groups is 1. The maximum Gasteiger partial charge on any atom is 0.412 e. The van der Waals surface area contributed by atoms with Crippen LogP contribution in [0.3, 0.4) is 0 Å². The van der Waals surface area contributed by atoms with E-state index in [1.807, 2.05) is 24.0 Å². The second-order valence-electron chi connectivity index (χ2n) is 18.7. The number of ether oxygens (including phenoxy) is 3. The third-order valence-electron chi connectivity index (χ3n) is 11.5. The number of anilines is 2. The number of nitrogens with zero attached hydrogens (tertiary/aromatic N) is 6. The van der Waals surface area contributed by atoms with E-state index >= 15 is 8.78 Å². The van der Waals surface area contributed by atoms with Gasteiger partial charge in [-0.25, -0.2) is 18.0 Å². The smallest absolute Gasteiger partial charge is 0.412 e. The highest BCUT2D eigenvalue weighted by Gasteiger charge is 2.45. The molecule has 0 saturated carbocycles. The Morgan fingerprint density at radius 3 is 2.49 bits per heavy atom. The first-order valence-corrected chi connectivity index (χ1v) is 23.7. The molecule has 2 saturated heterocycles. The van der Waals surface area contributed by atoms with Crippen molar-refractivity contribution in [1.82, 2.24) is 14.9 Å². The molecule has 0 unspecified atom stereocenters. The number of piperidine rings is 1. The number of aromatic nitrogens is 2. The first-order chi connectivity index (χ1) is 29.6. The van der Waals surface area contributed by atoms with Crippen molar-refractivity contribution in [2.45, 2.75) is 91.1 Å². The average Bonchev–Trinajstić information content (AvgIpc) is 3.41. The van der Waals surface area contributed by atoms with Crippen molar-refractivity contribution in [3.8, 4) is 29.3 Å². The fraction of sp³-hybridized carbons (Fsp3) is 0.523. The zero-order valence-electron chi connectivity index (χ0n) is 39.2. The Morgan fingerprint density at radius 1 is 1.11 bits per heavy atom. The quantitative estimate of drug-likeness (QED) is 0.169. The van der Waals surface area contributed by atoms with Crippen LogP contribution in [-0.2, 0) is 13.9 Å². The van der Waals surface area contributed by atoms with E-state index in [1.54, 1.807) is 27.7 Å². The average molecular weight is 881 g/mol. The van der Waals surface area contributed by atoms with Crippen LogP contribution in [0.5, 0.6) is 6.01 Å². The van der Waals surface area contributed by atoms with Crippen molar-refractivity contribution < 1.29 is 40.7 Å². The van der Waals surface area contributed by atoms with Crippen molar-refractivity contribution in [1.29, 1.82) is 10.5 Å². The highest BCUT2D eigenvalue weighted by molar-refractivity contribution is 7.23. The van der Waals surface area contributed by atoms with Crippen molar-refractivity contribution in [3.63, 3.8) is 0 Å². The van der Waals surface area contributed by atoms with E-state index in [1.165, 1.54) is 17.0 Å². The number of likely N-dealkylation sites (tertiary alicyclic amines) is 1. The van der Waals surface area contributed by atoms with Gasteiger partial charge in [0.1, 0.15) is 40.4 Å². The number of fused-ring (bicyclic) bond motifs is 2. The number of carbonyl (C=O) groups excluding carboxylic acids is 1. The van der Waals surface area contributed by atoms with Crippen LogP contribution in [0.2, 0.25) is 18.1 Å². The molecule has 2 aromatic carbocycles. The number of nitrogens with one attached hydrogen (secondary N) is 1. The van der Waals surface area contributed by atoms with Gasteiger partial charge in [-0.2, -0.15) is 20.5 Å². The lowest BCUT2D eigenvalue weighted by atomic mass is 9.78. The molecule has 2 atom stereocenters. The summed E-state index contributed by atoms with van der Waals surface area (Å²) < 4.78 is 97.7. The van der Waals surface area contributed by atoms with Crippen LogP contribution in [0.1, 0.15) is 77.0 Å². The van der Waals surface area contributed by atoms with Crippen molar-refractivity contribution in [2.75, 3.05) is 63.2 Å². The predicted octanol–water partition coefficient (Wildman–Crippen LogP) is 10.1. The van der Waals surface area contributed by atoms with Gasteiger partial charge >= 0.3 is 12.1 Å². The standard InChI is InChI=1S/C44H54F3N7O5SSi/c1-41(2,3)58-40(55)52-38-29(21-49)33-31(60-38)13-12-30(46)34(33)32-26(20-48)18-28-36(35(32)47)50-39(57-24-43(7)22-53(9)15-14-27(43)19-45)51-37(28)54-16-17-56-25-44(8,23-54)59-61(10,11)42(4,5)6/h12-13,18-19H,14-17,22-25H2,1-11H3,(H,52,55)/b27-19+/t43-,44-/m0/s1/i9D3. The number of rotatable bonds is 8. The molecule has 1 amide bonds. The molecule has 2 aliphatic rings. The van der Waals surface area contributed by atoms with Crippen LogP contribution in [-0.4, -0.2) is 93.5 Å². The number of benzene rings is 2. The number of thiophene rings is 1. The molecule has 0 spiro atoms. The minimum absolute atomic E-state index is 0.0277. The zero-order chi connectivity index (χ0) is 47.4. The maximum atomic E-state index is 17.8. The lowest BCUT2D eigenvalue weighted by molar-refractivity contribution is -0.00296. The molecule has 2 aromatic heterocycles. The monoisotopic (exact) mass is 880 g/mol. The van der Waals surface area contributed by atoms with E-state index in [9.17, 15) is 19.7 Å². The summed E-state index contributed by atoms with van der Waals surface area (Å²) in [7, 11) is -2.41. The number of hydrogen-bond acceptors (Lipinski definition) is 12. The minimum atomic E-state index is -2.46. The van der Waals surface area contributed by atoms with Crippen LogP contribution >= 0.6 is 11.3 Å². The molecular weight excluding hydrogens is 824 g/mol. The van der Waals surface area contributed by atoms with Crippen LogP contribution in [0.15, 0.2) is 30.1 Å². The molecule has 4 aromatic rings. The van der Waals surface area contributed by atoms with Gasteiger partial charge in [0.05, 0.1) is 42.3 Å². The van der Waals surface area contributed by atoms with Gasteiger partial charge in [0, 0.05) is 62.3 Å². The lowest BCUT2D eigenvalue weighted by Gasteiger charge is -2.44. The fourth-order valence-corrected chi connectivity index (χ4v) is 10.2. The Morgan fingerprint density at radius 2 is 1.85 bits per heavy atom. The molecule has 12 nitrogen and oxygen atoms in total. The number of halogens is 3. The molecule has 17 heteroatoms. The molecular formula is C44H54F3N7O5SSi. The zero-order valence-corrected chi connectivity index (χ0v) is 38.0. The van der Waals surface area contributed by atoms with Crippen LogP contribution in [0.4, 0.5) is 28.8 Å². The van der Waals surface area contributed by atoms with Gasteiger partial charge < -0.3 is 28.4 Å². The SMILES string of the molecule is [2H]C([2H])([2H])N1CC/C(=C\F)[C@](C)(COc2nc(N3CCOC[C@@](C)(O[Si](C)(C)C(C)(C)C)C3)c3cc(C#N)c(-c4c(F)ccc5sc(NC(=O)OC(C)(C)C)c(C#N)c45)c(F)c3n2)C1. The van der Waals surface area contributed by atoms with E-state index in [0.29, 0.717) is 16.6 Å². The highest BCUT2D eigenvalue weighted by Crippen LogP contribution is 2.47. The second-order valence-corrected chi connectivity index (χ2v) is 24.5. The van der Waals surface area contributed by atoms with Gasteiger partial charge in [-0.05, 0) is 83.0 Å². The van der Waals surface area contributed by atoms with Crippen LogP contribution in [0.25, 0.3) is 32.1 Å². The topological polar surface area (TPSA) is 146 Å². The molecule has 4 heterocycles. The molecule has 0 bridgehead atoms. The van der Waals surface area contributed by atoms with Crippen LogP contribution in [0, 0.1) is 39.7 Å². The molecule has 2 aliphatic heterocycles. The Bertz CT molecular complexity index is 2600. The Labute approximate surface area is 364 Å². The molecule has 6 rings (SSSR count). The molecule has 326 valence electrons. The Hall–Kier alpha value is -4.78. The minimum Gasteiger partial charge on any atom is -0.462 e. The van der Waals surface area contributed by atoms with E-state index in [0.717, 1.165) is 17.4 Å². The summed E-state index contributed by atoms with van der Waals surface area (Å²) in [5, 5.41) is 23.6. The summed E-state index contributed by atoms with van der Waals surface area (Å²) in [5.74, 6) is -1.93. The van der Waals surface area contributed by atoms with E-state index < -0.39 is 60.8 Å². The number of nitriles is 2. The largest absolute Gasteiger partial charge is 0.462 e. The van der Waals surface area contributed by atoms with Crippen molar-refractivity contribution in [3.05, 3.63) is 52.9 Å². The molecule has 0 radical (unpaired) electrons. The number of hydrogen-bond donors (Lipinski definition) is 1. The van der Waals surface area contributed by atoms with Gasteiger partial charge in [0.15, 0.2) is 14.1 Å². The molecule has 0 aliphatic carbocycles. The summed E-state index contributed by atoms with van der Waals surface area (Å²) in [6.45, 7) is 17.3. The van der Waals surface area contributed by atoms with Gasteiger partial charge in [-0.3, -0.25) is 5.32 Å². The molecule has 2 fully saturated rings. The summed E-state index contributed by atoms with van der Waals surface area (Å²) in [4.78, 5) is 25.2. The first kappa shape index (κ1) is 41.6. The van der Waals surface area contributed by atoms with Crippen LogP contribution < -0.4 is 15.0 Å². The summed E-state index contributed by atoms with van der Waals surface area (Å²) in [5.41, 5.74) is -4.35. The van der Waals surface area contributed by atoms with Gasteiger partial charge in [0.25, 0.3) is 0 Å². The summed E-state index contributed by atoms with van der Waals surface area (Å²) in [6.07, 6.45) is -0.296. The second kappa shape index (κ2) is 16.8. The molecule has 1 N–H and O–H groups in total.